The molecule has 0 radical (unpaired) electrons. The Morgan fingerprint density at radius 1 is 1.31 bits per heavy atom. The van der Waals surface area contributed by atoms with E-state index in [1.165, 1.54) is 24.5 Å². The van der Waals surface area contributed by atoms with Crippen LogP contribution < -0.4 is 10.1 Å². The van der Waals surface area contributed by atoms with Crippen molar-refractivity contribution >= 4 is 23.3 Å². The van der Waals surface area contributed by atoms with Crippen LogP contribution in [-0.2, 0) is 0 Å². The molecule has 7 heteroatoms. The maximum Gasteiger partial charge on any atom is 0.337 e. The number of carbonyl (C=O) groups is 1. The summed E-state index contributed by atoms with van der Waals surface area (Å²) >= 11 is 6.12. The van der Waals surface area contributed by atoms with Crippen LogP contribution in [0.5, 0.6) is 5.75 Å². The van der Waals surface area contributed by atoms with Crippen LogP contribution in [0.15, 0.2) is 54.9 Å². The normalized spacial score (nSPS) is 15.3. The molecule has 0 bridgehead atoms. The second kappa shape index (κ2) is 8.09. The number of ether oxygens (including phenoxy) is 1. The number of pyridine rings is 1. The summed E-state index contributed by atoms with van der Waals surface area (Å²) in [7, 11) is 0. The number of halogens is 2. The summed E-state index contributed by atoms with van der Waals surface area (Å²) in [4.78, 5) is 15.4. The van der Waals surface area contributed by atoms with Gasteiger partial charge in [0.15, 0.2) is 0 Å². The molecule has 0 spiro atoms. The minimum Gasteiger partial charge on any atom is -0.493 e. The highest BCUT2D eigenvalue weighted by Crippen LogP contribution is 2.39. The summed E-state index contributed by atoms with van der Waals surface area (Å²) in [5.74, 6) is -0.599. The standard InChI is InChI=1S/C22H18ClFN2O3/c23-21-16(2-1-3-18(21)24)13-4-5-15-14(7-9-29-20(15)10-13)11-26-19-12-25-8-6-17(19)22(27)28/h1-6,8,10,12,14,26H,7,9,11H2,(H,27,28)/t14-/m0/s1. The van der Waals surface area contributed by atoms with E-state index in [0.29, 0.717) is 24.4 Å². The van der Waals surface area contributed by atoms with E-state index >= 15 is 0 Å². The predicted octanol–water partition coefficient (Wildman–Crippen LogP) is 5.22. The molecule has 2 heterocycles. The lowest BCUT2D eigenvalue weighted by molar-refractivity contribution is 0.0697. The molecule has 4 rings (SSSR count). The summed E-state index contributed by atoms with van der Waals surface area (Å²) in [5, 5.41) is 12.6. The van der Waals surface area contributed by atoms with Crippen molar-refractivity contribution in [1.82, 2.24) is 4.98 Å². The highest BCUT2D eigenvalue weighted by molar-refractivity contribution is 6.33. The van der Waals surface area contributed by atoms with Gasteiger partial charge in [0.1, 0.15) is 11.6 Å². The smallest absolute Gasteiger partial charge is 0.337 e. The van der Waals surface area contributed by atoms with E-state index in [9.17, 15) is 14.3 Å². The average molecular weight is 413 g/mol. The first kappa shape index (κ1) is 19.2. The fourth-order valence-electron chi connectivity index (χ4n) is 3.52. The Bertz CT molecular complexity index is 1070. The molecular weight excluding hydrogens is 395 g/mol. The summed E-state index contributed by atoms with van der Waals surface area (Å²) in [6.07, 6.45) is 3.76. The number of aromatic nitrogens is 1. The van der Waals surface area contributed by atoms with Crippen molar-refractivity contribution in [2.45, 2.75) is 12.3 Å². The van der Waals surface area contributed by atoms with Gasteiger partial charge in [-0.25, -0.2) is 9.18 Å². The van der Waals surface area contributed by atoms with Gasteiger partial charge in [-0.2, -0.15) is 0 Å². The van der Waals surface area contributed by atoms with Gasteiger partial charge in [0.2, 0.25) is 0 Å². The number of carboxylic acid groups (broad SMARTS) is 1. The SMILES string of the molecule is O=C(O)c1ccncc1NC[C@@H]1CCOc2cc(-c3cccc(F)c3Cl)ccc21. The van der Waals surface area contributed by atoms with Gasteiger partial charge < -0.3 is 15.2 Å². The van der Waals surface area contributed by atoms with Gasteiger partial charge in [0.05, 0.1) is 29.1 Å². The molecule has 0 unspecified atom stereocenters. The van der Waals surface area contributed by atoms with E-state index in [-0.39, 0.29) is 16.5 Å². The molecule has 2 N–H and O–H groups in total. The molecule has 1 aliphatic heterocycles. The van der Waals surface area contributed by atoms with Crippen LogP contribution in [0.1, 0.15) is 28.3 Å². The number of carboxylic acids is 1. The first-order valence-corrected chi connectivity index (χ1v) is 9.54. The van der Waals surface area contributed by atoms with Crippen LogP contribution in [0.25, 0.3) is 11.1 Å². The number of nitrogens with zero attached hydrogens (tertiary/aromatic N) is 1. The third-order valence-corrected chi connectivity index (χ3v) is 5.41. The molecule has 1 aliphatic rings. The fraction of sp³-hybridized carbons (Fsp3) is 0.182. The number of rotatable bonds is 5. The van der Waals surface area contributed by atoms with Crippen molar-refractivity contribution < 1.29 is 19.0 Å². The number of hydrogen-bond acceptors (Lipinski definition) is 4. The van der Waals surface area contributed by atoms with Crippen LogP contribution >= 0.6 is 11.6 Å². The number of anilines is 1. The van der Waals surface area contributed by atoms with E-state index in [1.807, 2.05) is 18.2 Å². The largest absolute Gasteiger partial charge is 0.493 e. The molecule has 0 fully saturated rings. The van der Waals surface area contributed by atoms with Crippen molar-refractivity contribution in [1.29, 1.82) is 0 Å². The maximum atomic E-state index is 13.8. The first-order valence-electron chi connectivity index (χ1n) is 9.17. The Morgan fingerprint density at radius 2 is 2.17 bits per heavy atom. The Hall–Kier alpha value is -3.12. The van der Waals surface area contributed by atoms with Crippen molar-refractivity contribution in [2.24, 2.45) is 0 Å². The quantitative estimate of drug-likeness (QED) is 0.601. The minimum absolute atomic E-state index is 0.0826. The molecule has 29 heavy (non-hydrogen) atoms. The maximum absolute atomic E-state index is 13.8. The average Bonchev–Trinajstić information content (AvgIpc) is 2.74. The molecule has 148 valence electrons. The summed E-state index contributed by atoms with van der Waals surface area (Å²) in [6, 6.07) is 11.9. The Morgan fingerprint density at radius 3 is 3.00 bits per heavy atom. The van der Waals surface area contributed by atoms with Gasteiger partial charge in [-0.1, -0.05) is 35.9 Å². The lowest BCUT2D eigenvalue weighted by Gasteiger charge is -2.27. The Balaban J connectivity index is 1.58. The van der Waals surface area contributed by atoms with Crippen molar-refractivity contribution in [3.8, 4) is 16.9 Å². The van der Waals surface area contributed by atoms with Crippen molar-refractivity contribution in [3.05, 3.63) is 76.8 Å². The number of fused-ring (bicyclic) bond motifs is 1. The minimum atomic E-state index is -1.00. The van der Waals surface area contributed by atoms with Crippen LogP contribution in [0.3, 0.4) is 0 Å². The lowest BCUT2D eigenvalue weighted by atomic mass is 9.91. The van der Waals surface area contributed by atoms with E-state index < -0.39 is 11.8 Å². The third kappa shape index (κ3) is 3.89. The molecular formula is C22H18ClFN2O3. The molecule has 3 aromatic rings. The highest BCUT2D eigenvalue weighted by Gasteiger charge is 2.23. The van der Waals surface area contributed by atoms with Gasteiger partial charge in [0, 0.05) is 24.2 Å². The van der Waals surface area contributed by atoms with Gasteiger partial charge in [-0.05, 0) is 35.7 Å². The molecule has 0 amide bonds. The second-order valence-electron chi connectivity index (χ2n) is 6.80. The third-order valence-electron chi connectivity index (χ3n) is 5.03. The summed E-state index contributed by atoms with van der Waals surface area (Å²) in [6.45, 7) is 1.08. The second-order valence-corrected chi connectivity index (χ2v) is 7.17. The number of aromatic carboxylic acids is 1. The van der Waals surface area contributed by atoms with Gasteiger partial charge in [-0.15, -0.1) is 0 Å². The topological polar surface area (TPSA) is 71.5 Å². The van der Waals surface area contributed by atoms with Crippen molar-refractivity contribution in [3.63, 3.8) is 0 Å². The van der Waals surface area contributed by atoms with E-state index in [4.69, 9.17) is 16.3 Å². The van der Waals surface area contributed by atoms with Crippen LogP contribution in [-0.4, -0.2) is 29.2 Å². The number of hydrogen-bond donors (Lipinski definition) is 2. The zero-order chi connectivity index (χ0) is 20.4. The Labute approximate surface area is 172 Å². The van der Waals surface area contributed by atoms with Gasteiger partial charge in [-0.3, -0.25) is 4.98 Å². The molecule has 1 aromatic heterocycles. The summed E-state index contributed by atoms with van der Waals surface area (Å²) < 4.78 is 19.6. The Kier molecular flexibility index (Phi) is 5.36. The molecule has 0 aliphatic carbocycles. The molecule has 2 aromatic carbocycles. The van der Waals surface area contributed by atoms with Gasteiger partial charge >= 0.3 is 5.97 Å². The molecule has 0 saturated carbocycles. The van der Waals surface area contributed by atoms with E-state index in [0.717, 1.165) is 23.3 Å². The molecule has 0 saturated heterocycles. The molecule has 1 atom stereocenters. The fourth-order valence-corrected chi connectivity index (χ4v) is 3.76. The van der Waals surface area contributed by atoms with Crippen LogP contribution in [0, 0.1) is 5.82 Å². The van der Waals surface area contributed by atoms with Crippen LogP contribution in [0.4, 0.5) is 10.1 Å². The van der Waals surface area contributed by atoms with E-state index in [1.54, 1.807) is 12.1 Å². The van der Waals surface area contributed by atoms with Crippen LogP contribution in [0.2, 0.25) is 5.02 Å². The zero-order valence-corrected chi connectivity index (χ0v) is 16.1. The first-order chi connectivity index (χ1) is 14.0. The van der Waals surface area contributed by atoms with Gasteiger partial charge in [0.25, 0.3) is 0 Å². The van der Waals surface area contributed by atoms with E-state index in [2.05, 4.69) is 10.3 Å². The monoisotopic (exact) mass is 412 g/mol. The lowest BCUT2D eigenvalue weighted by Crippen LogP contribution is -2.21. The predicted molar refractivity (Wildman–Crippen MR) is 109 cm³/mol. The van der Waals surface area contributed by atoms with Crippen molar-refractivity contribution in [2.75, 3.05) is 18.5 Å². The number of benzene rings is 2. The zero-order valence-electron chi connectivity index (χ0n) is 15.4. The highest BCUT2D eigenvalue weighted by atomic mass is 35.5. The molecule has 5 nitrogen and oxygen atoms in total. The summed E-state index contributed by atoms with van der Waals surface area (Å²) in [5.41, 5.74) is 3.07. The number of nitrogens with one attached hydrogen (secondary N) is 1.